The molecule has 0 saturated heterocycles. The van der Waals surface area contributed by atoms with Crippen LogP contribution in [0.15, 0.2) is 77.3 Å². The number of amides is 1. The van der Waals surface area contributed by atoms with Crippen molar-refractivity contribution in [2.24, 2.45) is 0 Å². The van der Waals surface area contributed by atoms with Gasteiger partial charge in [0.2, 0.25) is 5.82 Å². The second-order valence-corrected chi connectivity index (χ2v) is 6.54. The Morgan fingerprint density at radius 3 is 2.48 bits per heavy atom. The van der Waals surface area contributed by atoms with Crippen molar-refractivity contribution in [2.75, 3.05) is 12.4 Å². The van der Waals surface area contributed by atoms with Crippen molar-refractivity contribution in [1.82, 2.24) is 10.1 Å². The van der Waals surface area contributed by atoms with Crippen molar-refractivity contribution in [3.8, 4) is 28.6 Å². The van der Waals surface area contributed by atoms with Crippen molar-refractivity contribution >= 4 is 23.2 Å². The maximum atomic E-state index is 12.8. The van der Waals surface area contributed by atoms with Gasteiger partial charge in [-0.05, 0) is 48.5 Å². The van der Waals surface area contributed by atoms with Crippen molar-refractivity contribution < 1.29 is 14.1 Å². The van der Waals surface area contributed by atoms with E-state index in [1.165, 1.54) is 0 Å². The summed E-state index contributed by atoms with van der Waals surface area (Å²) in [6.45, 7) is 0. The van der Waals surface area contributed by atoms with Gasteiger partial charge in [-0.2, -0.15) is 4.98 Å². The van der Waals surface area contributed by atoms with E-state index in [4.69, 9.17) is 20.9 Å². The van der Waals surface area contributed by atoms with Gasteiger partial charge in [0, 0.05) is 5.56 Å². The van der Waals surface area contributed by atoms with Gasteiger partial charge in [0.1, 0.15) is 5.75 Å². The zero-order chi connectivity index (χ0) is 20.2. The molecule has 0 aliphatic heterocycles. The van der Waals surface area contributed by atoms with Gasteiger partial charge in [-0.3, -0.25) is 4.79 Å². The minimum Gasteiger partial charge on any atom is -0.497 e. The number of carbonyl (C=O) groups excluding carboxylic acids is 1. The van der Waals surface area contributed by atoms with Gasteiger partial charge in [-0.25, -0.2) is 0 Å². The van der Waals surface area contributed by atoms with E-state index in [1.54, 1.807) is 55.6 Å². The second-order valence-electron chi connectivity index (χ2n) is 6.13. The number of nitrogens with zero attached hydrogens (tertiary/aromatic N) is 2. The summed E-state index contributed by atoms with van der Waals surface area (Å²) in [5.41, 5.74) is 2.24. The summed E-state index contributed by atoms with van der Waals surface area (Å²) in [7, 11) is 1.60. The van der Waals surface area contributed by atoms with Crippen LogP contribution in [0.1, 0.15) is 10.4 Å². The second kappa shape index (κ2) is 8.16. The molecule has 3 aromatic carbocycles. The molecule has 1 aromatic heterocycles. The normalized spacial score (nSPS) is 10.6. The van der Waals surface area contributed by atoms with E-state index in [9.17, 15) is 4.79 Å². The Kier molecular flexibility index (Phi) is 5.27. The Morgan fingerprint density at radius 1 is 1.00 bits per heavy atom. The molecule has 0 radical (unpaired) electrons. The lowest BCUT2D eigenvalue weighted by molar-refractivity contribution is 0.102. The third-order valence-electron chi connectivity index (χ3n) is 4.30. The van der Waals surface area contributed by atoms with Crippen molar-refractivity contribution in [3.63, 3.8) is 0 Å². The van der Waals surface area contributed by atoms with E-state index in [0.717, 1.165) is 11.3 Å². The summed E-state index contributed by atoms with van der Waals surface area (Å²) in [5.74, 6) is 1.08. The zero-order valence-electron chi connectivity index (χ0n) is 15.4. The molecule has 0 fully saturated rings. The summed E-state index contributed by atoms with van der Waals surface area (Å²) in [5, 5.41) is 7.31. The maximum absolute atomic E-state index is 12.8. The molecular weight excluding hydrogens is 390 g/mol. The van der Waals surface area contributed by atoms with Crippen LogP contribution in [0.3, 0.4) is 0 Å². The van der Waals surface area contributed by atoms with Crippen LogP contribution in [0, 0.1) is 0 Å². The van der Waals surface area contributed by atoms with Crippen LogP contribution in [-0.2, 0) is 0 Å². The van der Waals surface area contributed by atoms with Crippen LogP contribution in [0.25, 0.3) is 22.8 Å². The Labute approximate surface area is 172 Å². The fourth-order valence-corrected chi connectivity index (χ4v) is 2.99. The predicted molar refractivity (Wildman–Crippen MR) is 111 cm³/mol. The Bertz CT molecular complexity index is 1160. The van der Waals surface area contributed by atoms with Crippen molar-refractivity contribution in [2.45, 2.75) is 0 Å². The highest BCUT2D eigenvalue weighted by atomic mass is 35.5. The van der Waals surface area contributed by atoms with Gasteiger partial charge in [0.15, 0.2) is 0 Å². The zero-order valence-corrected chi connectivity index (χ0v) is 16.2. The lowest BCUT2D eigenvalue weighted by atomic mass is 10.1. The molecule has 0 aliphatic rings. The van der Waals surface area contributed by atoms with Crippen LogP contribution >= 0.6 is 11.6 Å². The van der Waals surface area contributed by atoms with Gasteiger partial charge in [-0.15, -0.1) is 0 Å². The molecule has 0 saturated carbocycles. The molecule has 0 atom stereocenters. The van der Waals surface area contributed by atoms with Gasteiger partial charge in [0.25, 0.3) is 11.8 Å². The SMILES string of the molecule is COc1ccc(-c2noc(-c3ccccc3C(=O)Nc3ccccc3Cl)n2)cc1. The van der Waals surface area contributed by atoms with Crippen molar-refractivity contribution in [3.05, 3.63) is 83.4 Å². The topological polar surface area (TPSA) is 77.2 Å². The summed E-state index contributed by atoms with van der Waals surface area (Å²) in [6, 6.07) is 21.4. The number of ether oxygens (including phenoxy) is 1. The number of rotatable bonds is 5. The highest BCUT2D eigenvalue weighted by Gasteiger charge is 2.18. The highest BCUT2D eigenvalue weighted by Crippen LogP contribution is 2.28. The summed E-state index contributed by atoms with van der Waals surface area (Å²) in [6.07, 6.45) is 0. The number of anilines is 1. The molecule has 6 nitrogen and oxygen atoms in total. The number of aromatic nitrogens is 2. The smallest absolute Gasteiger partial charge is 0.259 e. The quantitative estimate of drug-likeness (QED) is 0.486. The monoisotopic (exact) mass is 405 g/mol. The van der Waals surface area contributed by atoms with Crippen LogP contribution in [0.5, 0.6) is 5.75 Å². The molecule has 1 heterocycles. The highest BCUT2D eigenvalue weighted by molar-refractivity contribution is 6.34. The third-order valence-corrected chi connectivity index (χ3v) is 4.63. The Hall–Kier alpha value is -3.64. The molecule has 0 unspecified atom stereocenters. The first-order valence-electron chi connectivity index (χ1n) is 8.79. The molecule has 144 valence electrons. The summed E-state index contributed by atoms with van der Waals surface area (Å²) >= 11 is 6.14. The van der Waals surface area contributed by atoms with E-state index in [1.807, 2.05) is 24.3 Å². The minimum atomic E-state index is -0.321. The van der Waals surface area contributed by atoms with Gasteiger partial charge in [0.05, 0.1) is 28.9 Å². The molecule has 29 heavy (non-hydrogen) atoms. The Balaban J connectivity index is 1.64. The summed E-state index contributed by atoms with van der Waals surface area (Å²) < 4.78 is 10.6. The van der Waals surface area contributed by atoms with E-state index in [2.05, 4.69) is 15.5 Å². The number of benzene rings is 3. The van der Waals surface area contributed by atoms with E-state index in [0.29, 0.717) is 27.7 Å². The van der Waals surface area contributed by atoms with Gasteiger partial charge in [-0.1, -0.05) is 41.0 Å². The van der Waals surface area contributed by atoms with E-state index >= 15 is 0 Å². The lowest BCUT2D eigenvalue weighted by Gasteiger charge is -2.09. The van der Waals surface area contributed by atoms with E-state index < -0.39 is 0 Å². The molecule has 1 amide bonds. The molecular formula is C22H16ClN3O3. The number of nitrogens with one attached hydrogen (secondary N) is 1. The number of hydrogen-bond acceptors (Lipinski definition) is 5. The number of methoxy groups -OCH3 is 1. The molecule has 0 aliphatic carbocycles. The minimum absolute atomic E-state index is 0.251. The average molecular weight is 406 g/mol. The van der Waals surface area contributed by atoms with Gasteiger partial charge >= 0.3 is 0 Å². The lowest BCUT2D eigenvalue weighted by Crippen LogP contribution is -2.13. The molecule has 0 bridgehead atoms. The Morgan fingerprint density at radius 2 is 1.72 bits per heavy atom. The maximum Gasteiger partial charge on any atom is 0.259 e. The van der Waals surface area contributed by atoms with Crippen molar-refractivity contribution in [1.29, 1.82) is 0 Å². The number of para-hydroxylation sites is 1. The largest absolute Gasteiger partial charge is 0.497 e. The predicted octanol–water partition coefficient (Wildman–Crippen LogP) is 5.32. The van der Waals surface area contributed by atoms with Crippen LogP contribution in [0.2, 0.25) is 5.02 Å². The van der Waals surface area contributed by atoms with Crippen LogP contribution < -0.4 is 10.1 Å². The summed E-state index contributed by atoms with van der Waals surface area (Å²) in [4.78, 5) is 17.3. The fraction of sp³-hybridized carbons (Fsp3) is 0.0455. The van der Waals surface area contributed by atoms with E-state index in [-0.39, 0.29) is 11.8 Å². The molecule has 7 heteroatoms. The average Bonchev–Trinajstić information content (AvgIpc) is 3.25. The first-order valence-corrected chi connectivity index (χ1v) is 9.17. The standard InChI is InChI=1S/C22H16ClN3O3/c1-28-15-12-10-14(11-13-15)20-25-22(29-26-20)17-7-3-2-6-16(17)21(27)24-19-9-5-4-8-18(19)23/h2-13H,1H3,(H,24,27). The molecule has 4 aromatic rings. The molecule has 4 rings (SSSR count). The number of halogens is 1. The van der Waals surface area contributed by atoms with Gasteiger partial charge < -0.3 is 14.6 Å². The van der Waals surface area contributed by atoms with Crippen LogP contribution in [0.4, 0.5) is 5.69 Å². The number of carbonyl (C=O) groups is 1. The van der Waals surface area contributed by atoms with Crippen LogP contribution in [-0.4, -0.2) is 23.2 Å². The number of hydrogen-bond donors (Lipinski definition) is 1. The third kappa shape index (κ3) is 3.97. The molecule has 1 N–H and O–H groups in total. The first kappa shape index (κ1) is 18.7. The molecule has 0 spiro atoms. The fourth-order valence-electron chi connectivity index (χ4n) is 2.81. The first-order chi connectivity index (χ1) is 14.2.